The Labute approximate surface area is 120 Å². The van der Waals surface area contributed by atoms with Crippen molar-refractivity contribution < 1.29 is 14.3 Å². The molecule has 20 heavy (non-hydrogen) atoms. The maximum absolute atomic E-state index is 11.9. The molecule has 4 nitrogen and oxygen atoms in total. The third-order valence-electron chi connectivity index (χ3n) is 3.22. The highest BCUT2D eigenvalue weighted by atomic mass is 16.5. The molecule has 4 heteroatoms. The lowest BCUT2D eigenvalue weighted by Gasteiger charge is -2.15. The first-order chi connectivity index (χ1) is 9.56. The van der Waals surface area contributed by atoms with Gasteiger partial charge < -0.3 is 9.64 Å². The molecule has 0 heterocycles. The van der Waals surface area contributed by atoms with Crippen LogP contribution in [0.3, 0.4) is 0 Å². The maximum Gasteiger partial charge on any atom is 0.325 e. The van der Waals surface area contributed by atoms with E-state index in [-0.39, 0.29) is 12.5 Å². The highest BCUT2D eigenvalue weighted by Gasteiger charge is 2.13. The standard InChI is InChI=1S/C16H23NO3/c1-4-5-6-13-7-9-14(10-8-13)11-15(18)17(2)12-16(19)20-3/h7-10H,4-6,11-12H2,1-3H3. The molecule has 0 saturated heterocycles. The van der Waals surface area contributed by atoms with Crippen LogP contribution in [-0.4, -0.2) is 37.5 Å². The van der Waals surface area contributed by atoms with Crippen molar-refractivity contribution in [3.8, 4) is 0 Å². The molecule has 0 bridgehead atoms. The molecule has 1 rings (SSSR count). The highest BCUT2D eigenvalue weighted by molar-refractivity contribution is 5.83. The molecule has 0 atom stereocenters. The zero-order valence-corrected chi connectivity index (χ0v) is 12.5. The van der Waals surface area contributed by atoms with Gasteiger partial charge in [-0.3, -0.25) is 9.59 Å². The van der Waals surface area contributed by atoms with Gasteiger partial charge in [-0.2, -0.15) is 0 Å². The van der Waals surface area contributed by atoms with Gasteiger partial charge >= 0.3 is 5.97 Å². The Morgan fingerprint density at radius 1 is 1.15 bits per heavy atom. The number of likely N-dealkylation sites (N-methyl/N-ethyl adjacent to an activating group) is 1. The van der Waals surface area contributed by atoms with Gasteiger partial charge in [-0.15, -0.1) is 0 Å². The zero-order chi connectivity index (χ0) is 15.0. The third-order valence-corrected chi connectivity index (χ3v) is 3.22. The van der Waals surface area contributed by atoms with E-state index in [1.54, 1.807) is 7.05 Å². The van der Waals surface area contributed by atoms with Crippen molar-refractivity contribution in [1.82, 2.24) is 4.90 Å². The van der Waals surface area contributed by atoms with Crippen molar-refractivity contribution in [2.45, 2.75) is 32.6 Å². The summed E-state index contributed by atoms with van der Waals surface area (Å²) in [4.78, 5) is 24.4. The Bertz CT molecular complexity index is 440. The molecule has 0 aliphatic heterocycles. The van der Waals surface area contributed by atoms with Gasteiger partial charge in [-0.05, 0) is 24.0 Å². The normalized spacial score (nSPS) is 10.2. The molecule has 0 saturated carbocycles. The molecular formula is C16H23NO3. The van der Waals surface area contributed by atoms with Crippen LogP contribution in [0.15, 0.2) is 24.3 Å². The lowest BCUT2D eigenvalue weighted by Crippen LogP contribution is -2.33. The predicted molar refractivity (Wildman–Crippen MR) is 78.4 cm³/mol. The van der Waals surface area contributed by atoms with Gasteiger partial charge in [0.2, 0.25) is 5.91 Å². The van der Waals surface area contributed by atoms with Crippen LogP contribution in [0.4, 0.5) is 0 Å². The fraction of sp³-hybridized carbons (Fsp3) is 0.500. The smallest absolute Gasteiger partial charge is 0.325 e. The van der Waals surface area contributed by atoms with Gasteiger partial charge in [0, 0.05) is 7.05 Å². The second-order valence-corrected chi connectivity index (χ2v) is 4.92. The van der Waals surface area contributed by atoms with E-state index in [0.29, 0.717) is 6.42 Å². The van der Waals surface area contributed by atoms with E-state index < -0.39 is 5.97 Å². The number of unbranched alkanes of at least 4 members (excludes halogenated alkanes) is 1. The predicted octanol–water partition coefficient (Wildman–Crippen LogP) is 2.20. The Kier molecular flexibility index (Phi) is 6.77. The fourth-order valence-corrected chi connectivity index (χ4v) is 1.86. The van der Waals surface area contributed by atoms with Gasteiger partial charge in [0.05, 0.1) is 13.5 Å². The number of rotatable bonds is 7. The van der Waals surface area contributed by atoms with Crippen molar-refractivity contribution in [3.63, 3.8) is 0 Å². The summed E-state index contributed by atoms with van der Waals surface area (Å²) in [6.45, 7) is 2.16. The average molecular weight is 277 g/mol. The Morgan fingerprint density at radius 3 is 2.30 bits per heavy atom. The molecule has 1 amide bonds. The molecule has 0 radical (unpaired) electrons. The van der Waals surface area contributed by atoms with E-state index in [0.717, 1.165) is 12.0 Å². The van der Waals surface area contributed by atoms with Gasteiger partial charge in [-0.25, -0.2) is 0 Å². The quantitative estimate of drug-likeness (QED) is 0.718. The third kappa shape index (κ3) is 5.43. The number of carbonyl (C=O) groups is 2. The number of hydrogen-bond acceptors (Lipinski definition) is 3. The van der Waals surface area contributed by atoms with E-state index in [9.17, 15) is 9.59 Å². The van der Waals surface area contributed by atoms with Gasteiger partial charge in [0.25, 0.3) is 0 Å². The van der Waals surface area contributed by atoms with Crippen LogP contribution in [-0.2, 0) is 27.2 Å². The number of hydrogen-bond donors (Lipinski definition) is 0. The molecule has 0 N–H and O–H groups in total. The molecule has 110 valence electrons. The SMILES string of the molecule is CCCCc1ccc(CC(=O)N(C)CC(=O)OC)cc1. The van der Waals surface area contributed by atoms with Gasteiger partial charge in [0.1, 0.15) is 6.54 Å². The zero-order valence-electron chi connectivity index (χ0n) is 12.5. The van der Waals surface area contributed by atoms with E-state index in [4.69, 9.17) is 0 Å². The fourth-order valence-electron chi connectivity index (χ4n) is 1.86. The number of benzene rings is 1. The van der Waals surface area contributed by atoms with E-state index >= 15 is 0 Å². The molecule has 1 aromatic rings. The minimum absolute atomic E-state index is 0.0100. The average Bonchev–Trinajstić information content (AvgIpc) is 2.46. The highest BCUT2D eigenvalue weighted by Crippen LogP contribution is 2.09. The molecule has 0 fully saturated rings. The van der Waals surface area contributed by atoms with Crippen LogP contribution in [0.2, 0.25) is 0 Å². The summed E-state index contributed by atoms with van der Waals surface area (Å²) in [5, 5.41) is 0. The van der Waals surface area contributed by atoms with E-state index in [1.165, 1.54) is 30.4 Å². The summed E-state index contributed by atoms with van der Waals surface area (Å²) in [5.41, 5.74) is 2.26. The summed E-state index contributed by atoms with van der Waals surface area (Å²) in [6, 6.07) is 8.10. The number of aryl methyl sites for hydroxylation is 1. The van der Waals surface area contributed by atoms with E-state index in [1.807, 2.05) is 12.1 Å². The first-order valence-corrected chi connectivity index (χ1v) is 6.95. The topological polar surface area (TPSA) is 46.6 Å². The summed E-state index contributed by atoms with van der Waals surface area (Å²) < 4.78 is 4.54. The maximum atomic E-state index is 11.9. The Hall–Kier alpha value is -1.84. The molecule has 0 aliphatic carbocycles. The minimum Gasteiger partial charge on any atom is -0.468 e. The Morgan fingerprint density at radius 2 is 1.75 bits per heavy atom. The summed E-state index contributed by atoms with van der Waals surface area (Å²) >= 11 is 0. The first-order valence-electron chi connectivity index (χ1n) is 6.95. The van der Waals surface area contributed by atoms with Gasteiger partial charge in [0.15, 0.2) is 0 Å². The molecular weight excluding hydrogens is 254 g/mol. The van der Waals surface area contributed by atoms with Crippen molar-refractivity contribution >= 4 is 11.9 Å². The van der Waals surface area contributed by atoms with Crippen LogP contribution < -0.4 is 0 Å². The molecule has 0 unspecified atom stereocenters. The summed E-state index contributed by atoms with van der Waals surface area (Å²) in [6.07, 6.45) is 3.74. The number of nitrogens with zero attached hydrogens (tertiary/aromatic N) is 1. The van der Waals surface area contributed by atoms with Crippen LogP contribution in [0.25, 0.3) is 0 Å². The number of amides is 1. The minimum atomic E-state index is -0.407. The number of methoxy groups -OCH3 is 1. The second-order valence-electron chi connectivity index (χ2n) is 4.92. The second kappa shape index (κ2) is 8.35. The van der Waals surface area contributed by atoms with Gasteiger partial charge in [-0.1, -0.05) is 37.6 Å². The van der Waals surface area contributed by atoms with Crippen LogP contribution in [0.5, 0.6) is 0 Å². The molecule has 0 spiro atoms. The van der Waals surface area contributed by atoms with E-state index in [2.05, 4.69) is 23.8 Å². The largest absolute Gasteiger partial charge is 0.468 e. The first kappa shape index (κ1) is 16.2. The number of carbonyl (C=O) groups excluding carboxylic acids is 2. The lowest BCUT2D eigenvalue weighted by molar-refractivity contribution is -0.145. The summed E-state index contributed by atoms with van der Waals surface area (Å²) in [7, 11) is 2.92. The van der Waals surface area contributed by atoms with Crippen molar-refractivity contribution in [1.29, 1.82) is 0 Å². The van der Waals surface area contributed by atoms with Crippen LogP contribution in [0, 0.1) is 0 Å². The van der Waals surface area contributed by atoms with Crippen molar-refractivity contribution in [2.75, 3.05) is 20.7 Å². The van der Waals surface area contributed by atoms with Crippen molar-refractivity contribution in [2.24, 2.45) is 0 Å². The molecule has 0 aromatic heterocycles. The molecule has 1 aromatic carbocycles. The van der Waals surface area contributed by atoms with Crippen molar-refractivity contribution in [3.05, 3.63) is 35.4 Å². The van der Waals surface area contributed by atoms with Crippen LogP contribution in [0.1, 0.15) is 30.9 Å². The number of ether oxygens (including phenoxy) is 1. The Balaban J connectivity index is 2.51. The lowest BCUT2D eigenvalue weighted by atomic mass is 10.0. The summed E-state index contributed by atoms with van der Waals surface area (Å²) in [5.74, 6) is -0.493. The molecule has 0 aliphatic rings. The monoisotopic (exact) mass is 277 g/mol. The number of esters is 1. The van der Waals surface area contributed by atoms with Crippen LogP contribution >= 0.6 is 0 Å².